The summed E-state index contributed by atoms with van der Waals surface area (Å²) >= 11 is 5.65. The van der Waals surface area contributed by atoms with Gasteiger partial charge in [0.05, 0.1) is 13.0 Å². The van der Waals surface area contributed by atoms with Crippen molar-refractivity contribution in [1.29, 1.82) is 0 Å². The normalized spacial score (nSPS) is 10.1. The van der Waals surface area contributed by atoms with Crippen molar-refractivity contribution in [2.75, 3.05) is 7.11 Å². The zero-order valence-electron chi connectivity index (χ0n) is 6.67. The van der Waals surface area contributed by atoms with Crippen LogP contribution < -0.4 is 4.74 Å². The Bertz CT molecular complexity index is 213. The Morgan fingerprint density at radius 2 is 2.45 bits per heavy atom. The summed E-state index contributed by atoms with van der Waals surface area (Å²) in [6.45, 7) is 2.86. The van der Waals surface area contributed by atoms with Gasteiger partial charge in [0.2, 0.25) is 5.88 Å². The molecule has 1 rings (SSSR count). The summed E-state index contributed by atoms with van der Waals surface area (Å²) in [6.07, 6.45) is 1.89. The van der Waals surface area contributed by atoms with Crippen LogP contribution >= 0.6 is 11.6 Å². The number of ether oxygens (including phenoxy) is 1. The lowest BCUT2D eigenvalue weighted by molar-refractivity contribution is 0.386. The molecule has 1 heterocycles. The number of methoxy groups -OCH3 is 1. The van der Waals surface area contributed by atoms with Gasteiger partial charge in [-0.2, -0.15) is 0 Å². The fraction of sp³-hybridized carbons (Fsp3) is 0.571. The molecule has 0 amide bonds. The summed E-state index contributed by atoms with van der Waals surface area (Å²) in [5, 5.41) is 4.13. The van der Waals surface area contributed by atoms with Gasteiger partial charge in [0.25, 0.3) is 0 Å². The minimum absolute atomic E-state index is 0.448. The van der Waals surface area contributed by atoms with Gasteiger partial charge in [-0.15, -0.1) is 16.7 Å². The molecule has 3 nitrogen and oxygen atoms in total. The maximum atomic E-state index is 5.65. The molecule has 0 saturated carbocycles. The van der Waals surface area contributed by atoms with Gasteiger partial charge < -0.3 is 4.74 Å². The minimum atomic E-state index is 0.448. The van der Waals surface area contributed by atoms with Crippen LogP contribution in [-0.2, 0) is 12.4 Å². The zero-order valence-corrected chi connectivity index (χ0v) is 7.43. The van der Waals surface area contributed by atoms with Crippen molar-refractivity contribution in [3.8, 4) is 5.88 Å². The number of aryl methyl sites for hydroxylation is 1. The molecule has 0 spiro atoms. The second-order valence-corrected chi connectivity index (χ2v) is 2.42. The monoisotopic (exact) mass is 174 g/mol. The van der Waals surface area contributed by atoms with Crippen molar-refractivity contribution in [3.05, 3.63) is 11.8 Å². The molecule has 0 unspecified atom stereocenters. The van der Waals surface area contributed by atoms with Crippen molar-refractivity contribution in [2.24, 2.45) is 0 Å². The van der Waals surface area contributed by atoms with Gasteiger partial charge in [-0.25, -0.2) is 0 Å². The third kappa shape index (κ3) is 1.66. The Morgan fingerprint density at radius 3 is 2.82 bits per heavy atom. The van der Waals surface area contributed by atoms with Crippen molar-refractivity contribution in [1.82, 2.24) is 9.78 Å². The van der Waals surface area contributed by atoms with E-state index >= 15 is 0 Å². The molecule has 62 valence electrons. The Labute approximate surface area is 70.9 Å². The Morgan fingerprint density at radius 1 is 1.73 bits per heavy atom. The van der Waals surface area contributed by atoms with Crippen LogP contribution in [0.25, 0.3) is 0 Å². The van der Waals surface area contributed by atoms with Crippen molar-refractivity contribution >= 4 is 11.6 Å². The lowest BCUT2D eigenvalue weighted by atomic mass is 10.4. The fourth-order valence-electron chi connectivity index (χ4n) is 0.870. The van der Waals surface area contributed by atoms with Crippen LogP contribution in [0.4, 0.5) is 0 Å². The molecule has 0 N–H and O–H groups in total. The summed E-state index contributed by atoms with van der Waals surface area (Å²) < 4.78 is 6.80. The van der Waals surface area contributed by atoms with E-state index in [2.05, 4.69) is 5.10 Å². The second-order valence-electron chi connectivity index (χ2n) is 2.15. The molecule has 0 saturated heterocycles. The van der Waals surface area contributed by atoms with Crippen LogP contribution in [0.1, 0.15) is 12.5 Å². The van der Waals surface area contributed by atoms with Gasteiger partial charge in [0.15, 0.2) is 0 Å². The Kier molecular flexibility index (Phi) is 2.76. The lowest BCUT2D eigenvalue weighted by Gasteiger charge is -1.93. The van der Waals surface area contributed by atoms with Gasteiger partial charge in [0, 0.05) is 18.3 Å². The first-order chi connectivity index (χ1) is 5.31. The number of alkyl halides is 1. The highest BCUT2D eigenvalue weighted by Crippen LogP contribution is 2.16. The molecular weight excluding hydrogens is 164 g/mol. The largest absolute Gasteiger partial charge is 0.480 e. The number of hydrogen-bond donors (Lipinski definition) is 0. The van der Waals surface area contributed by atoms with E-state index in [1.54, 1.807) is 11.8 Å². The molecular formula is C7H11ClN2O. The van der Waals surface area contributed by atoms with Gasteiger partial charge in [-0.1, -0.05) is 0 Å². The summed E-state index contributed by atoms with van der Waals surface area (Å²) in [6, 6.07) is 0. The molecule has 0 atom stereocenters. The number of aromatic nitrogens is 2. The van der Waals surface area contributed by atoms with Crippen LogP contribution in [0, 0.1) is 0 Å². The number of halogens is 1. The van der Waals surface area contributed by atoms with Crippen molar-refractivity contribution in [2.45, 2.75) is 19.3 Å². The van der Waals surface area contributed by atoms with Crippen molar-refractivity contribution < 1.29 is 4.74 Å². The molecule has 0 bridgehead atoms. The van der Waals surface area contributed by atoms with Gasteiger partial charge in [-0.05, 0) is 6.92 Å². The van der Waals surface area contributed by atoms with E-state index < -0.39 is 0 Å². The average Bonchev–Trinajstić information content (AvgIpc) is 2.46. The first kappa shape index (κ1) is 8.40. The molecule has 1 aromatic heterocycles. The number of hydrogen-bond acceptors (Lipinski definition) is 2. The van der Waals surface area contributed by atoms with E-state index in [-0.39, 0.29) is 0 Å². The maximum absolute atomic E-state index is 5.65. The van der Waals surface area contributed by atoms with E-state index in [1.165, 1.54) is 0 Å². The van der Waals surface area contributed by atoms with E-state index in [0.717, 1.165) is 12.1 Å². The van der Waals surface area contributed by atoms with Gasteiger partial charge >= 0.3 is 0 Å². The van der Waals surface area contributed by atoms with Gasteiger partial charge in [-0.3, -0.25) is 4.68 Å². The summed E-state index contributed by atoms with van der Waals surface area (Å²) in [5.74, 6) is 1.07. The average molecular weight is 175 g/mol. The van der Waals surface area contributed by atoms with E-state index in [0.29, 0.717) is 11.8 Å². The number of rotatable bonds is 3. The lowest BCUT2D eigenvalue weighted by Crippen LogP contribution is -1.94. The first-order valence-corrected chi connectivity index (χ1v) is 4.01. The highest BCUT2D eigenvalue weighted by molar-refractivity contribution is 6.17. The molecule has 4 heteroatoms. The zero-order chi connectivity index (χ0) is 8.27. The molecule has 0 aliphatic heterocycles. The predicted molar refractivity (Wildman–Crippen MR) is 44.0 cm³/mol. The fourth-order valence-corrected chi connectivity index (χ4v) is 1.05. The van der Waals surface area contributed by atoms with Crippen LogP contribution in [0.3, 0.4) is 0 Å². The van der Waals surface area contributed by atoms with Crippen LogP contribution in [0.2, 0.25) is 0 Å². The van der Waals surface area contributed by atoms with Crippen LogP contribution in [0.15, 0.2) is 6.20 Å². The summed E-state index contributed by atoms with van der Waals surface area (Å²) in [5.41, 5.74) is 0.941. The molecule has 0 fully saturated rings. The van der Waals surface area contributed by atoms with Crippen LogP contribution in [0.5, 0.6) is 5.88 Å². The quantitative estimate of drug-likeness (QED) is 0.652. The third-order valence-corrected chi connectivity index (χ3v) is 1.75. The molecule has 1 aromatic rings. The SMILES string of the molecule is CCn1cc(CCl)c(OC)n1. The second kappa shape index (κ2) is 3.62. The molecule has 0 aliphatic carbocycles. The molecule has 0 radical (unpaired) electrons. The van der Waals surface area contributed by atoms with E-state index in [4.69, 9.17) is 16.3 Å². The van der Waals surface area contributed by atoms with E-state index in [9.17, 15) is 0 Å². The first-order valence-electron chi connectivity index (χ1n) is 3.48. The Balaban J connectivity index is 2.92. The molecule has 11 heavy (non-hydrogen) atoms. The molecule has 0 aliphatic rings. The maximum Gasteiger partial charge on any atom is 0.236 e. The Hall–Kier alpha value is -0.700. The van der Waals surface area contributed by atoms with Crippen molar-refractivity contribution in [3.63, 3.8) is 0 Å². The third-order valence-electron chi connectivity index (χ3n) is 1.46. The summed E-state index contributed by atoms with van der Waals surface area (Å²) in [7, 11) is 1.60. The highest BCUT2D eigenvalue weighted by Gasteiger charge is 2.05. The van der Waals surface area contributed by atoms with Gasteiger partial charge in [0.1, 0.15) is 0 Å². The molecule has 0 aromatic carbocycles. The topological polar surface area (TPSA) is 27.1 Å². The predicted octanol–water partition coefficient (Wildman–Crippen LogP) is 1.65. The van der Waals surface area contributed by atoms with E-state index in [1.807, 2.05) is 13.1 Å². The summed E-state index contributed by atoms with van der Waals surface area (Å²) in [4.78, 5) is 0. The minimum Gasteiger partial charge on any atom is -0.480 e. The smallest absolute Gasteiger partial charge is 0.236 e. The highest BCUT2D eigenvalue weighted by atomic mass is 35.5. The standard InChI is InChI=1S/C7H11ClN2O/c1-3-10-5-6(4-8)7(9-10)11-2/h5H,3-4H2,1-2H3. The number of nitrogens with zero attached hydrogens (tertiary/aromatic N) is 2. The van der Waals surface area contributed by atoms with Crippen LogP contribution in [-0.4, -0.2) is 16.9 Å².